The molecule has 3 aromatic heterocycles. The number of H-pyrrole nitrogens is 1. The van der Waals surface area contributed by atoms with Crippen molar-refractivity contribution in [2.24, 2.45) is 5.92 Å². The van der Waals surface area contributed by atoms with Crippen molar-refractivity contribution >= 4 is 28.8 Å². The van der Waals surface area contributed by atoms with Gasteiger partial charge in [-0.25, -0.2) is 4.98 Å². The molecule has 0 aliphatic carbocycles. The van der Waals surface area contributed by atoms with Crippen LogP contribution in [0.1, 0.15) is 0 Å². The van der Waals surface area contributed by atoms with Gasteiger partial charge in [-0.05, 0) is 6.07 Å². The summed E-state index contributed by atoms with van der Waals surface area (Å²) in [7, 11) is 0. The molecule has 2 aliphatic rings. The fourth-order valence-electron chi connectivity index (χ4n) is 4.01. The molecule has 2 saturated heterocycles. The lowest BCUT2D eigenvalue weighted by Crippen LogP contribution is -2.47. The second-order valence-corrected chi connectivity index (χ2v) is 7.22. The second-order valence-electron chi connectivity index (χ2n) is 7.22. The van der Waals surface area contributed by atoms with Gasteiger partial charge >= 0.3 is 0 Å². The number of amides is 1. The van der Waals surface area contributed by atoms with Crippen molar-refractivity contribution in [3.63, 3.8) is 0 Å². The van der Waals surface area contributed by atoms with Crippen LogP contribution in [-0.2, 0) is 16.1 Å². The minimum Gasteiger partial charge on any atom is -0.379 e. The predicted octanol–water partition coefficient (Wildman–Crippen LogP) is -0.505. The number of hydrogen-bond donors (Lipinski definition) is 2. The Morgan fingerprint density at radius 3 is 3.07 bits per heavy atom. The molecule has 2 bridgehead atoms. The fourth-order valence-corrected chi connectivity index (χ4v) is 4.01. The molecule has 11 nitrogen and oxygen atoms in total. The number of fused-ring (bicyclic) bond motifs is 4. The third-order valence-corrected chi connectivity index (χ3v) is 5.23. The summed E-state index contributed by atoms with van der Waals surface area (Å²) in [6.45, 7) is 3.28. The van der Waals surface area contributed by atoms with Crippen molar-refractivity contribution < 1.29 is 9.53 Å². The number of carbonyl (C=O) groups excluding carboxylic acids is 1. The monoisotopic (exact) mass is 383 g/mol. The van der Waals surface area contributed by atoms with E-state index in [1.807, 2.05) is 11.0 Å². The third-order valence-electron chi connectivity index (χ3n) is 5.23. The Balaban J connectivity index is 1.44. The van der Waals surface area contributed by atoms with Crippen molar-refractivity contribution in [1.82, 2.24) is 34.6 Å². The summed E-state index contributed by atoms with van der Waals surface area (Å²) >= 11 is 0. The highest BCUT2D eigenvalue weighted by Crippen LogP contribution is 2.28. The number of imidazole rings is 1. The van der Waals surface area contributed by atoms with Crippen LogP contribution in [0.3, 0.4) is 0 Å². The topological polar surface area (TPSA) is 131 Å². The molecule has 5 rings (SSSR count). The van der Waals surface area contributed by atoms with E-state index in [4.69, 9.17) is 10.5 Å². The molecule has 3 aromatic rings. The maximum atomic E-state index is 13.0. The van der Waals surface area contributed by atoms with Gasteiger partial charge in [0.2, 0.25) is 11.9 Å². The van der Waals surface area contributed by atoms with Crippen molar-refractivity contribution in [1.29, 1.82) is 0 Å². The number of nitrogen functional groups attached to an aromatic ring is 1. The summed E-state index contributed by atoms with van der Waals surface area (Å²) < 4.78 is 7.48. The Labute approximate surface area is 160 Å². The lowest BCUT2D eigenvalue weighted by atomic mass is 10.1. The van der Waals surface area contributed by atoms with E-state index in [0.29, 0.717) is 38.5 Å². The lowest BCUT2D eigenvalue weighted by molar-refractivity contribution is -0.134. The summed E-state index contributed by atoms with van der Waals surface area (Å²) in [6, 6.07) is 1.73. The van der Waals surface area contributed by atoms with Crippen LogP contribution in [0, 0.1) is 5.92 Å². The molecular formula is C17H21N9O2. The molecule has 2 aliphatic heterocycles. The molecule has 0 unspecified atom stereocenters. The third kappa shape index (κ3) is 3.03. The maximum absolute atomic E-state index is 13.0. The van der Waals surface area contributed by atoms with E-state index in [9.17, 15) is 4.79 Å². The largest absolute Gasteiger partial charge is 0.379 e. The van der Waals surface area contributed by atoms with Gasteiger partial charge in [0.25, 0.3) is 0 Å². The van der Waals surface area contributed by atoms with Crippen LogP contribution in [0.25, 0.3) is 11.2 Å². The first kappa shape index (κ1) is 16.9. The number of aromatic nitrogens is 6. The molecule has 0 radical (unpaired) electrons. The first-order valence-corrected chi connectivity index (χ1v) is 9.23. The fraction of sp³-hybridized carbons (Fsp3) is 0.471. The number of rotatable bonds is 3. The van der Waals surface area contributed by atoms with Crippen molar-refractivity contribution in [3.05, 3.63) is 24.8 Å². The van der Waals surface area contributed by atoms with Crippen molar-refractivity contribution in [3.8, 4) is 0 Å². The highest BCUT2D eigenvalue weighted by atomic mass is 16.5. The molecule has 2 atom stereocenters. The van der Waals surface area contributed by atoms with Gasteiger partial charge in [0.05, 0.1) is 25.6 Å². The summed E-state index contributed by atoms with van der Waals surface area (Å²) in [6.07, 6.45) is 5.06. The van der Waals surface area contributed by atoms with Crippen LogP contribution in [0.5, 0.6) is 0 Å². The number of anilines is 2. The van der Waals surface area contributed by atoms with Crippen molar-refractivity contribution in [2.75, 3.05) is 43.5 Å². The summed E-state index contributed by atoms with van der Waals surface area (Å²) in [5.74, 6) is 1.12. The summed E-state index contributed by atoms with van der Waals surface area (Å²) in [4.78, 5) is 33.0. The van der Waals surface area contributed by atoms with Gasteiger partial charge in [0.1, 0.15) is 12.1 Å². The van der Waals surface area contributed by atoms with Gasteiger partial charge in [-0.1, -0.05) is 0 Å². The Kier molecular flexibility index (Phi) is 4.08. The van der Waals surface area contributed by atoms with Gasteiger partial charge < -0.3 is 25.3 Å². The number of aromatic amines is 1. The second kappa shape index (κ2) is 6.75. The maximum Gasteiger partial charge on any atom is 0.244 e. The Hall–Kier alpha value is -3.21. The number of nitrogens with one attached hydrogen (secondary N) is 1. The number of ether oxygens (including phenoxy) is 1. The molecule has 2 fully saturated rings. The smallest absolute Gasteiger partial charge is 0.244 e. The highest BCUT2D eigenvalue weighted by Gasteiger charge is 2.37. The van der Waals surface area contributed by atoms with E-state index in [2.05, 4.69) is 29.9 Å². The molecule has 3 N–H and O–H groups in total. The van der Waals surface area contributed by atoms with E-state index in [0.717, 1.165) is 11.3 Å². The predicted molar refractivity (Wildman–Crippen MR) is 100 cm³/mol. The highest BCUT2D eigenvalue weighted by molar-refractivity contribution is 5.84. The molecule has 28 heavy (non-hydrogen) atoms. The molecule has 0 aromatic carbocycles. The molecule has 1 amide bonds. The zero-order valence-electron chi connectivity index (χ0n) is 15.2. The zero-order valence-corrected chi connectivity index (χ0v) is 15.2. The van der Waals surface area contributed by atoms with E-state index < -0.39 is 0 Å². The first-order valence-electron chi connectivity index (χ1n) is 9.23. The van der Waals surface area contributed by atoms with E-state index >= 15 is 0 Å². The van der Waals surface area contributed by atoms with Gasteiger partial charge in [0.15, 0.2) is 11.5 Å². The van der Waals surface area contributed by atoms with Crippen LogP contribution < -0.4 is 10.6 Å². The quantitative estimate of drug-likeness (QED) is 0.619. The standard InChI is InChI=1S/C17H21N9O2/c18-17-22-15-14(19-10-20-15)16(23-17)24-4-11-5-26(12(6-24)9-28-8-11)13(27)7-25-3-1-2-21-25/h1-3,10-12H,4-9H2,(H3,18,19,20,22,23)/t11-,12-/m0/s1. The Morgan fingerprint density at radius 2 is 2.21 bits per heavy atom. The van der Waals surface area contributed by atoms with E-state index in [-0.39, 0.29) is 30.4 Å². The number of nitrogens with zero attached hydrogens (tertiary/aromatic N) is 7. The molecular weight excluding hydrogens is 362 g/mol. The molecule has 146 valence electrons. The van der Waals surface area contributed by atoms with Crippen LogP contribution >= 0.6 is 0 Å². The SMILES string of the molecule is Nc1nc(N2C[C@@H]3COC[C@H](C2)N(C(=O)Cn2cccn2)C3)c2[nH]cnc2n1. The van der Waals surface area contributed by atoms with Crippen LogP contribution in [0.2, 0.25) is 0 Å². The van der Waals surface area contributed by atoms with Crippen LogP contribution in [0.15, 0.2) is 24.8 Å². The lowest BCUT2D eigenvalue weighted by Gasteiger charge is -2.32. The first-order chi connectivity index (χ1) is 13.7. The normalized spacial score (nSPS) is 22.4. The Morgan fingerprint density at radius 1 is 1.29 bits per heavy atom. The zero-order chi connectivity index (χ0) is 19.1. The van der Waals surface area contributed by atoms with Crippen LogP contribution in [0.4, 0.5) is 11.8 Å². The summed E-state index contributed by atoms with van der Waals surface area (Å²) in [5, 5.41) is 4.15. The average molecular weight is 383 g/mol. The number of carbonyl (C=O) groups is 1. The van der Waals surface area contributed by atoms with E-state index in [1.165, 1.54) is 0 Å². The van der Waals surface area contributed by atoms with Crippen LogP contribution in [-0.4, -0.2) is 79.4 Å². The average Bonchev–Trinajstić information content (AvgIpc) is 3.24. The number of hydrogen-bond acceptors (Lipinski definition) is 8. The Bertz CT molecular complexity index is 986. The van der Waals surface area contributed by atoms with Gasteiger partial charge in [-0.3, -0.25) is 9.48 Å². The molecule has 0 saturated carbocycles. The van der Waals surface area contributed by atoms with Crippen molar-refractivity contribution in [2.45, 2.75) is 12.6 Å². The molecule has 0 spiro atoms. The van der Waals surface area contributed by atoms with Gasteiger partial charge in [-0.15, -0.1) is 0 Å². The number of nitrogens with two attached hydrogens (primary N) is 1. The minimum absolute atomic E-state index is 0.0416. The van der Waals surface area contributed by atoms with E-state index in [1.54, 1.807) is 23.4 Å². The summed E-state index contributed by atoms with van der Waals surface area (Å²) in [5.41, 5.74) is 7.19. The molecule has 11 heteroatoms. The van der Waals surface area contributed by atoms with Gasteiger partial charge in [0, 0.05) is 37.9 Å². The molecule has 5 heterocycles. The van der Waals surface area contributed by atoms with Gasteiger partial charge in [-0.2, -0.15) is 15.1 Å². The minimum atomic E-state index is -0.0790.